The highest BCUT2D eigenvalue weighted by Gasteiger charge is 2.26. The third-order valence-corrected chi connectivity index (χ3v) is 5.85. The first kappa shape index (κ1) is 20.3. The highest BCUT2D eigenvalue weighted by molar-refractivity contribution is 6.07. The molecule has 8 heteroatoms. The van der Waals surface area contributed by atoms with Crippen molar-refractivity contribution in [1.29, 1.82) is 0 Å². The van der Waals surface area contributed by atoms with Gasteiger partial charge in [0.15, 0.2) is 0 Å². The first-order valence-electron chi connectivity index (χ1n) is 10.6. The van der Waals surface area contributed by atoms with Gasteiger partial charge in [-0.2, -0.15) is 0 Å². The van der Waals surface area contributed by atoms with Crippen molar-refractivity contribution in [2.24, 2.45) is 0 Å². The van der Waals surface area contributed by atoms with Crippen molar-refractivity contribution in [1.82, 2.24) is 19.9 Å². The van der Waals surface area contributed by atoms with Crippen LogP contribution in [0.15, 0.2) is 57.7 Å². The average molecular weight is 432 g/mol. The lowest BCUT2D eigenvalue weighted by molar-refractivity contribution is 0.0622. The molecule has 0 saturated carbocycles. The van der Waals surface area contributed by atoms with Crippen molar-refractivity contribution < 1.29 is 18.5 Å². The predicted molar refractivity (Wildman–Crippen MR) is 118 cm³/mol. The van der Waals surface area contributed by atoms with E-state index in [4.69, 9.17) is 13.7 Å². The number of aromatic nitrogens is 2. The number of ether oxygens (including phenoxy) is 1. The minimum absolute atomic E-state index is 0.0314. The lowest BCUT2D eigenvalue weighted by atomic mass is 10.0. The molecule has 0 radical (unpaired) electrons. The van der Waals surface area contributed by atoms with Crippen LogP contribution >= 0.6 is 0 Å². The normalized spacial score (nSPS) is 14.8. The molecule has 1 fully saturated rings. The standard InChI is InChI=1S/C24H24N4O4/c1-16-22-20(24(29)28-11-9-27(10-12-28)15-19-4-3-13-31-19)14-21(25-23(22)32-26-16)17-5-7-18(30-2)8-6-17/h3-8,13-14H,9-12,15H2,1-2H3. The number of aryl methyl sites for hydroxylation is 1. The highest BCUT2D eigenvalue weighted by Crippen LogP contribution is 2.29. The smallest absolute Gasteiger partial charge is 0.259 e. The molecule has 8 nitrogen and oxygen atoms in total. The number of methoxy groups -OCH3 is 1. The molecule has 5 rings (SSSR count). The van der Waals surface area contributed by atoms with Gasteiger partial charge in [0.25, 0.3) is 11.6 Å². The Bertz CT molecular complexity index is 1220. The molecule has 1 aliphatic rings. The van der Waals surface area contributed by atoms with E-state index in [0.29, 0.717) is 41.1 Å². The van der Waals surface area contributed by atoms with Gasteiger partial charge in [-0.3, -0.25) is 9.69 Å². The van der Waals surface area contributed by atoms with Crippen molar-refractivity contribution in [3.05, 3.63) is 65.7 Å². The zero-order valence-electron chi connectivity index (χ0n) is 18.1. The van der Waals surface area contributed by atoms with Gasteiger partial charge >= 0.3 is 0 Å². The predicted octanol–water partition coefficient (Wildman–Crippen LogP) is 3.76. The number of carbonyl (C=O) groups is 1. The maximum atomic E-state index is 13.5. The summed E-state index contributed by atoms with van der Waals surface area (Å²) in [7, 11) is 1.63. The van der Waals surface area contributed by atoms with Gasteiger partial charge in [0.05, 0.1) is 42.3 Å². The third-order valence-electron chi connectivity index (χ3n) is 5.85. The fourth-order valence-corrected chi connectivity index (χ4v) is 4.08. The van der Waals surface area contributed by atoms with E-state index in [-0.39, 0.29) is 5.91 Å². The molecule has 1 aliphatic heterocycles. The number of nitrogens with zero attached hydrogens (tertiary/aromatic N) is 4. The molecule has 1 aromatic carbocycles. The summed E-state index contributed by atoms with van der Waals surface area (Å²) in [5, 5.41) is 4.72. The molecule has 0 unspecified atom stereocenters. The van der Waals surface area contributed by atoms with Gasteiger partial charge in [-0.25, -0.2) is 4.98 Å². The van der Waals surface area contributed by atoms with Crippen LogP contribution in [0.3, 0.4) is 0 Å². The molecule has 1 amide bonds. The van der Waals surface area contributed by atoms with Gasteiger partial charge in [0.1, 0.15) is 11.5 Å². The number of piperazine rings is 1. The Hall–Kier alpha value is -3.65. The second kappa shape index (κ2) is 8.47. The Labute approximate surface area is 185 Å². The zero-order chi connectivity index (χ0) is 22.1. The molecule has 4 heterocycles. The fraction of sp³-hybridized carbons (Fsp3) is 0.292. The quantitative estimate of drug-likeness (QED) is 0.475. The number of pyridine rings is 1. The molecule has 0 N–H and O–H groups in total. The summed E-state index contributed by atoms with van der Waals surface area (Å²) >= 11 is 0. The molecule has 4 aromatic rings. The van der Waals surface area contributed by atoms with Crippen molar-refractivity contribution in [3.63, 3.8) is 0 Å². The number of rotatable bonds is 5. The van der Waals surface area contributed by atoms with Crippen molar-refractivity contribution in [2.45, 2.75) is 13.5 Å². The molecular weight excluding hydrogens is 408 g/mol. The summed E-state index contributed by atoms with van der Waals surface area (Å²) in [5.41, 5.74) is 3.14. The minimum Gasteiger partial charge on any atom is -0.497 e. The van der Waals surface area contributed by atoms with E-state index in [1.165, 1.54) is 0 Å². The Morgan fingerprint density at radius 2 is 1.91 bits per heavy atom. The van der Waals surface area contributed by atoms with E-state index >= 15 is 0 Å². The lowest BCUT2D eigenvalue weighted by Crippen LogP contribution is -2.48. The van der Waals surface area contributed by atoms with Crippen molar-refractivity contribution >= 4 is 17.0 Å². The number of fused-ring (bicyclic) bond motifs is 1. The first-order valence-corrected chi connectivity index (χ1v) is 10.6. The first-order chi connectivity index (χ1) is 15.6. The van der Waals surface area contributed by atoms with Crippen LogP contribution in [0, 0.1) is 6.92 Å². The number of furan rings is 1. The van der Waals surface area contributed by atoms with E-state index in [0.717, 1.165) is 36.7 Å². The van der Waals surface area contributed by atoms with Gasteiger partial charge in [-0.05, 0) is 49.4 Å². The van der Waals surface area contributed by atoms with Crippen LogP contribution in [0.2, 0.25) is 0 Å². The SMILES string of the molecule is COc1ccc(-c2cc(C(=O)N3CCN(Cc4ccco4)CC3)c3c(C)noc3n2)cc1. The molecule has 164 valence electrons. The molecule has 0 aliphatic carbocycles. The average Bonchev–Trinajstić information content (AvgIpc) is 3.48. The van der Waals surface area contributed by atoms with Crippen molar-refractivity contribution in [3.8, 4) is 17.0 Å². The van der Waals surface area contributed by atoms with Gasteiger partial charge in [0.2, 0.25) is 0 Å². The van der Waals surface area contributed by atoms with Gasteiger partial charge in [0, 0.05) is 31.7 Å². The summed E-state index contributed by atoms with van der Waals surface area (Å²) in [5.74, 6) is 1.66. The van der Waals surface area contributed by atoms with E-state index < -0.39 is 0 Å². The van der Waals surface area contributed by atoms with Gasteiger partial charge in [-0.1, -0.05) is 5.16 Å². The number of amides is 1. The number of carbonyl (C=O) groups excluding carboxylic acids is 1. The van der Waals surface area contributed by atoms with Crippen LogP contribution in [0.1, 0.15) is 21.8 Å². The topological polar surface area (TPSA) is 84.8 Å². The summed E-state index contributed by atoms with van der Waals surface area (Å²) in [6.07, 6.45) is 1.69. The van der Waals surface area contributed by atoms with Crippen LogP contribution in [-0.4, -0.2) is 59.1 Å². The zero-order valence-corrected chi connectivity index (χ0v) is 18.1. The summed E-state index contributed by atoms with van der Waals surface area (Å²) < 4.78 is 16.1. The van der Waals surface area contributed by atoms with Gasteiger partial charge in [-0.15, -0.1) is 0 Å². The monoisotopic (exact) mass is 432 g/mol. The van der Waals surface area contributed by atoms with E-state index in [1.807, 2.05) is 54.3 Å². The van der Waals surface area contributed by atoms with Crippen LogP contribution in [0.5, 0.6) is 5.75 Å². The van der Waals surface area contributed by atoms with E-state index in [9.17, 15) is 4.79 Å². The van der Waals surface area contributed by atoms with E-state index in [2.05, 4.69) is 15.0 Å². The number of hydrogen-bond donors (Lipinski definition) is 0. The van der Waals surface area contributed by atoms with E-state index in [1.54, 1.807) is 13.4 Å². The van der Waals surface area contributed by atoms with Crippen LogP contribution in [-0.2, 0) is 6.54 Å². The summed E-state index contributed by atoms with van der Waals surface area (Å²) in [6.45, 7) is 5.44. The molecule has 1 saturated heterocycles. The molecule has 0 spiro atoms. The summed E-state index contributed by atoms with van der Waals surface area (Å²) in [4.78, 5) is 22.3. The second-order valence-electron chi connectivity index (χ2n) is 7.88. The Morgan fingerprint density at radius 1 is 1.12 bits per heavy atom. The fourth-order valence-electron chi connectivity index (χ4n) is 4.08. The molecule has 3 aromatic heterocycles. The maximum absolute atomic E-state index is 13.5. The molecule has 0 atom stereocenters. The highest BCUT2D eigenvalue weighted by atomic mass is 16.5. The second-order valence-corrected chi connectivity index (χ2v) is 7.88. The van der Waals surface area contributed by atoms with Crippen LogP contribution < -0.4 is 4.74 Å². The largest absolute Gasteiger partial charge is 0.497 e. The minimum atomic E-state index is -0.0314. The third kappa shape index (κ3) is 3.85. The number of hydrogen-bond acceptors (Lipinski definition) is 7. The Morgan fingerprint density at radius 3 is 2.59 bits per heavy atom. The lowest BCUT2D eigenvalue weighted by Gasteiger charge is -2.34. The van der Waals surface area contributed by atoms with Gasteiger partial charge < -0.3 is 18.6 Å². The molecule has 32 heavy (non-hydrogen) atoms. The Kier molecular flexibility index (Phi) is 5.36. The Balaban J connectivity index is 1.41. The van der Waals surface area contributed by atoms with Crippen LogP contribution in [0.4, 0.5) is 0 Å². The van der Waals surface area contributed by atoms with Crippen molar-refractivity contribution in [2.75, 3.05) is 33.3 Å². The molecular formula is C24H24N4O4. The maximum Gasteiger partial charge on any atom is 0.259 e. The summed E-state index contributed by atoms with van der Waals surface area (Å²) in [6, 6.07) is 13.3. The number of benzene rings is 1. The van der Waals surface area contributed by atoms with Crippen LogP contribution in [0.25, 0.3) is 22.4 Å². The molecule has 0 bridgehead atoms.